The molecule has 7 nitrogen and oxygen atoms in total. The second kappa shape index (κ2) is 15.1. The van der Waals surface area contributed by atoms with Crippen LogP contribution in [0, 0.1) is 0 Å². The van der Waals surface area contributed by atoms with Gasteiger partial charge in [-0.2, -0.15) is 26.3 Å². The van der Waals surface area contributed by atoms with E-state index in [0.29, 0.717) is 50.0 Å². The fraction of sp³-hybridized carbons (Fsp3) is 0.0339. The lowest BCUT2D eigenvalue weighted by atomic mass is 10.0. The molecule has 13 heteroatoms. The number of aromatic nitrogens is 5. The minimum atomic E-state index is -4.80. The minimum absolute atomic E-state index is 0.0275. The summed E-state index contributed by atoms with van der Waals surface area (Å²) in [7, 11) is 0. The van der Waals surface area contributed by atoms with Gasteiger partial charge in [0.25, 0.3) is 0 Å². The van der Waals surface area contributed by atoms with Crippen LogP contribution in [0.25, 0.3) is 133 Å². The quantitative estimate of drug-likeness (QED) is 0.161. The number of fused-ring (bicyclic) bond motifs is 14. The van der Waals surface area contributed by atoms with Gasteiger partial charge in [-0.15, -0.1) is 0 Å². The third-order valence-electron chi connectivity index (χ3n) is 13.6. The Morgan fingerprint density at radius 1 is 0.347 bits per heavy atom. The molecule has 346 valence electrons. The van der Waals surface area contributed by atoms with Gasteiger partial charge in [-0.3, -0.25) is 0 Å². The Morgan fingerprint density at radius 2 is 0.750 bits per heavy atom. The fourth-order valence-corrected chi connectivity index (χ4v) is 10.5. The number of hydrogen-bond acceptors (Lipinski definition) is 5. The maximum absolute atomic E-state index is 15.0. The van der Waals surface area contributed by atoms with Crippen molar-refractivity contribution in [3.63, 3.8) is 0 Å². The van der Waals surface area contributed by atoms with Crippen molar-refractivity contribution in [1.29, 1.82) is 0 Å². The van der Waals surface area contributed by atoms with E-state index in [9.17, 15) is 0 Å². The van der Waals surface area contributed by atoms with Crippen molar-refractivity contribution in [2.24, 2.45) is 0 Å². The van der Waals surface area contributed by atoms with E-state index in [2.05, 4.69) is 0 Å². The second-order valence-electron chi connectivity index (χ2n) is 17.7. The first-order valence-electron chi connectivity index (χ1n) is 22.9. The third-order valence-corrected chi connectivity index (χ3v) is 13.6. The number of nitrogens with zero attached hydrogens (tertiary/aromatic N) is 5. The van der Waals surface area contributed by atoms with Gasteiger partial charge in [0.05, 0.1) is 55.3 Å². The first-order valence-corrected chi connectivity index (χ1v) is 22.9. The smallest absolute Gasteiger partial charge is 0.416 e. The molecule has 0 spiro atoms. The topological polar surface area (TPSA) is 74.8 Å². The van der Waals surface area contributed by atoms with Crippen molar-refractivity contribution in [2.75, 3.05) is 0 Å². The predicted octanol–water partition coefficient (Wildman–Crippen LogP) is 16.9. The number of furan rings is 2. The van der Waals surface area contributed by atoms with Gasteiger partial charge < -0.3 is 18.0 Å². The van der Waals surface area contributed by atoms with Crippen LogP contribution in [0.3, 0.4) is 0 Å². The van der Waals surface area contributed by atoms with Crippen molar-refractivity contribution in [3.8, 4) is 45.5 Å². The van der Waals surface area contributed by atoms with Crippen LogP contribution in [-0.2, 0) is 12.4 Å². The molecule has 5 heterocycles. The lowest BCUT2D eigenvalue weighted by Gasteiger charge is -2.18. The van der Waals surface area contributed by atoms with E-state index in [1.807, 2.05) is 130 Å². The van der Waals surface area contributed by atoms with E-state index in [4.69, 9.17) is 23.8 Å². The summed E-state index contributed by atoms with van der Waals surface area (Å²) in [4.78, 5) is 14.7. The first kappa shape index (κ1) is 41.7. The van der Waals surface area contributed by atoms with Crippen LogP contribution in [0.1, 0.15) is 11.1 Å². The van der Waals surface area contributed by atoms with Crippen LogP contribution in [0.15, 0.2) is 197 Å². The second-order valence-corrected chi connectivity index (χ2v) is 17.7. The zero-order valence-corrected chi connectivity index (χ0v) is 37.2. The summed E-state index contributed by atoms with van der Waals surface area (Å²) < 4.78 is 107. The molecule has 0 unspecified atom stereocenters. The molecule has 0 fully saturated rings. The predicted molar refractivity (Wildman–Crippen MR) is 269 cm³/mol. The van der Waals surface area contributed by atoms with E-state index >= 15 is 26.3 Å². The van der Waals surface area contributed by atoms with Gasteiger partial charge >= 0.3 is 12.4 Å². The Balaban J connectivity index is 1.08. The summed E-state index contributed by atoms with van der Waals surface area (Å²) in [6.07, 6.45) is -9.61. The van der Waals surface area contributed by atoms with Crippen LogP contribution in [0.5, 0.6) is 0 Å². The molecule has 0 aliphatic carbocycles. The largest absolute Gasteiger partial charge is 0.455 e. The highest BCUT2D eigenvalue weighted by molar-refractivity contribution is 6.25. The van der Waals surface area contributed by atoms with Gasteiger partial charge in [-0.25, -0.2) is 15.0 Å². The fourth-order valence-electron chi connectivity index (χ4n) is 10.5. The Hall–Kier alpha value is -9.23. The lowest BCUT2D eigenvalue weighted by molar-refractivity contribution is -0.138. The molecule has 9 aromatic carbocycles. The number of benzene rings is 9. The van der Waals surface area contributed by atoms with Crippen molar-refractivity contribution in [2.45, 2.75) is 12.4 Å². The highest BCUT2D eigenvalue weighted by atomic mass is 19.4. The van der Waals surface area contributed by atoms with Crippen LogP contribution < -0.4 is 0 Å². The Labute approximate surface area is 402 Å². The van der Waals surface area contributed by atoms with Crippen LogP contribution >= 0.6 is 0 Å². The zero-order valence-electron chi connectivity index (χ0n) is 37.2. The summed E-state index contributed by atoms with van der Waals surface area (Å²) in [5, 5.41) is 6.59. The number of hydrogen-bond donors (Lipinski definition) is 0. The van der Waals surface area contributed by atoms with Crippen LogP contribution in [0.2, 0.25) is 0 Å². The molecule has 0 radical (unpaired) electrons. The molecule has 0 saturated carbocycles. The Kier molecular flexibility index (Phi) is 8.77. The van der Waals surface area contributed by atoms with E-state index < -0.39 is 23.5 Å². The maximum atomic E-state index is 15.0. The van der Waals surface area contributed by atoms with Crippen LogP contribution in [0.4, 0.5) is 26.3 Å². The van der Waals surface area contributed by atoms with Gasteiger partial charge in [0.15, 0.2) is 17.5 Å². The van der Waals surface area contributed by atoms with E-state index in [1.165, 1.54) is 12.1 Å². The summed E-state index contributed by atoms with van der Waals surface area (Å²) in [6, 6.07) is 53.6. The normalized spacial score (nSPS) is 12.6. The number of alkyl halides is 6. The molecular formula is C59H31F6N5O2. The van der Waals surface area contributed by atoms with Crippen molar-refractivity contribution in [1.82, 2.24) is 24.1 Å². The molecule has 0 bridgehead atoms. The number of halogens is 6. The van der Waals surface area contributed by atoms with Crippen molar-refractivity contribution in [3.05, 3.63) is 199 Å². The molecule has 0 aliphatic rings. The maximum Gasteiger partial charge on any atom is 0.416 e. The highest BCUT2D eigenvalue weighted by Gasteiger charge is 2.35. The monoisotopic (exact) mass is 955 g/mol. The average molecular weight is 956 g/mol. The molecular weight excluding hydrogens is 925 g/mol. The summed E-state index contributed by atoms with van der Waals surface area (Å²) in [6.45, 7) is 0. The van der Waals surface area contributed by atoms with Crippen molar-refractivity contribution < 1.29 is 35.2 Å². The molecule has 5 aromatic heterocycles. The van der Waals surface area contributed by atoms with Gasteiger partial charge in [0.2, 0.25) is 0 Å². The summed E-state index contributed by atoms with van der Waals surface area (Å²) >= 11 is 0. The summed E-state index contributed by atoms with van der Waals surface area (Å²) in [5.41, 5.74) is 4.11. The molecule has 0 saturated heterocycles. The SMILES string of the molecule is FC(F)(F)c1ccc(-n2c3ccccc3c3c4oc5ccccc5c4ccc32)c(-c2nc(-c3ccccc3)nc(-c3cc(C(F)(F)F)ccc3-n3c4ccccc4c4c5oc6ccccc6c5ccc43)n2)c1. The van der Waals surface area contributed by atoms with Gasteiger partial charge in [-0.1, -0.05) is 103 Å². The van der Waals surface area contributed by atoms with Crippen molar-refractivity contribution >= 4 is 87.5 Å². The highest BCUT2D eigenvalue weighted by Crippen LogP contribution is 2.46. The Morgan fingerprint density at radius 3 is 1.21 bits per heavy atom. The third kappa shape index (κ3) is 6.22. The zero-order chi connectivity index (χ0) is 48.6. The molecule has 0 N–H and O–H groups in total. The first-order chi connectivity index (χ1) is 35.0. The number of rotatable bonds is 5. The van der Waals surface area contributed by atoms with E-state index in [0.717, 1.165) is 67.4 Å². The molecule has 0 amide bonds. The molecule has 14 rings (SSSR count). The number of para-hydroxylation sites is 4. The average Bonchev–Trinajstić information content (AvgIpc) is 4.16. The molecule has 14 aromatic rings. The molecule has 0 aliphatic heterocycles. The molecule has 72 heavy (non-hydrogen) atoms. The molecule has 0 atom stereocenters. The summed E-state index contributed by atoms with van der Waals surface area (Å²) in [5.74, 6) is -0.379. The van der Waals surface area contributed by atoms with E-state index in [-0.39, 0.29) is 40.0 Å². The standard InChI is InChI=1S/C59H31F6N5O2/c60-58(61,62)33-22-26-45(69-43-18-8-4-16-39(43)51-47(69)28-24-37-35-14-6-10-20-49(35)71-53(37)51)41(30-33)56-66-55(32-12-2-1-3-13-32)67-57(68-56)42-31-34(59(63,64)65)23-27-46(42)70-44-19-9-5-17-40(44)52-48(70)29-25-38-36-15-7-11-21-50(36)72-54(38)52/h1-31H. The van der Waals surface area contributed by atoms with E-state index in [1.54, 1.807) is 30.3 Å². The van der Waals surface area contributed by atoms with Gasteiger partial charge in [0, 0.05) is 49.0 Å². The lowest BCUT2D eigenvalue weighted by Crippen LogP contribution is -2.10. The minimum Gasteiger partial charge on any atom is -0.455 e. The Bertz CT molecular complexity index is 4300. The van der Waals surface area contributed by atoms with Gasteiger partial charge in [0.1, 0.15) is 22.3 Å². The van der Waals surface area contributed by atoms with Crippen LogP contribution in [-0.4, -0.2) is 24.1 Å². The van der Waals surface area contributed by atoms with Gasteiger partial charge in [-0.05, 0) is 84.9 Å².